The van der Waals surface area contributed by atoms with Crippen molar-refractivity contribution in [3.05, 3.63) is 113 Å². The van der Waals surface area contributed by atoms with E-state index in [0.29, 0.717) is 22.8 Å². The Balaban J connectivity index is 1.43. The van der Waals surface area contributed by atoms with Gasteiger partial charge in [0.25, 0.3) is 0 Å². The molecule has 0 saturated heterocycles. The molecule has 4 rings (SSSR count). The van der Waals surface area contributed by atoms with E-state index >= 15 is 0 Å². The number of carbonyl (C=O) groups excluding carboxylic acids is 1. The normalized spacial score (nSPS) is 11.8. The molecule has 0 bridgehead atoms. The van der Waals surface area contributed by atoms with E-state index in [1.54, 1.807) is 12.1 Å². The first-order valence-corrected chi connectivity index (χ1v) is 13.4. The first-order chi connectivity index (χ1) is 17.9. The SMILES string of the molecule is CC(C)(C)Oc1ccc(-c2ccc(Oc3ccc(C(=O)c4ccc(C(C)(C)C)cc4)cc3)cc2)cc1CCl. The van der Waals surface area contributed by atoms with Crippen molar-refractivity contribution in [1.82, 2.24) is 0 Å². The number of rotatable bonds is 7. The molecule has 4 aromatic rings. The highest BCUT2D eigenvalue weighted by Crippen LogP contribution is 2.32. The molecule has 0 spiro atoms. The molecular formula is C34H35ClO3. The summed E-state index contributed by atoms with van der Waals surface area (Å²) in [5.41, 5.74) is 5.36. The van der Waals surface area contributed by atoms with Crippen molar-refractivity contribution in [2.45, 2.75) is 58.4 Å². The van der Waals surface area contributed by atoms with Gasteiger partial charge in [0.2, 0.25) is 0 Å². The average Bonchev–Trinajstić information content (AvgIpc) is 2.88. The minimum Gasteiger partial charge on any atom is -0.488 e. The molecule has 0 unspecified atom stereocenters. The number of ether oxygens (including phenoxy) is 2. The van der Waals surface area contributed by atoms with Crippen LogP contribution in [0, 0.1) is 0 Å². The molecular weight excluding hydrogens is 492 g/mol. The van der Waals surface area contributed by atoms with E-state index in [9.17, 15) is 4.79 Å². The molecule has 0 fully saturated rings. The van der Waals surface area contributed by atoms with Gasteiger partial charge in [-0.25, -0.2) is 0 Å². The largest absolute Gasteiger partial charge is 0.488 e. The van der Waals surface area contributed by atoms with Crippen LogP contribution in [0.15, 0.2) is 91.0 Å². The summed E-state index contributed by atoms with van der Waals surface area (Å²) in [4.78, 5) is 12.9. The van der Waals surface area contributed by atoms with E-state index in [4.69, 9.17) is 21.1 Å². The Morgan fingerprint density at radius 1 is 0.684 bits per heavy atom. The first kappa shape index (κ1) is 27.5. The van der Waals surface area contributed by atoms with Gasteiger partial charge in [0.1, 0.15) is 22.8 Å². The van der Waals surface area contributed by atoms with E-state index in [-0.39, 0.29) is 16.8 Å². The van der Waals surface area contributed by atoms with Crippen molar-refractivity contribution in [2.24, 2.45) is 0 Å². The number of halogens is 1. The summed E-state index contributed by atoms with van der Waals surface area (Å²) in [6, 6.07) is 29.1. The van der Waals surface area contributed by atoms with Crippen LogP contribution < -0.4 is 9.47 Å². The van der Waals surface area contributed by atoms with Gasteiger partial charge in [-0.05, 0) is 91.4 Å². The predicted molar refractivity (Wildman–Crippen MR) is 157 cm³/mol. The number of benzene rings is 4. The Hall–Kier alpha value is -3.56. The van der Waals surface area contributed by atoms with Crippen LogP contribution >= 0.6 is 11.6 Å². The zero-order chi connectivity index (χ0) is 27.5. The van der Waals surface area contributed by atoms with Gasteiger partial charge in [-0.1, -0.05) is 63.2 Å². The number of carbonyl (C=O) groups is 1. The Morgan fingerprint density at radius 2 is 1.18 bits per heavy atom. The van der Waals surface area contributed by atoms with Crippen molar-refractivity contribution in [2.75, 3.05) is 0 Å². The van der Waals surface area contributed by atoms with Crippen LogP contribution in [0.4, 0.5) is 0 Å². The Morgan fingerprint density at radius 3 is 1.68 bits per heavy atom. The highest BCUT2D eigenvalue weighted by atomic mass is 35.5. The summed E-state index contributed by atoms with van der Waals surface area (Å²) in [5, 5.41) is 0. The number of ketones is 1. The molecule has 0 aliphatic carbocycles. The van der Waals surface area contributed by atoms with Gasteiger partial charge < -0.3 is 9.47 Å². The number of alkyl halides is 1. The van der Waals surface area contributed by atoms with Gasteiger partial charge in [0.05, 0.1) is 5.88 Å². The summed E-state index contributed by atoms with van der Waals surface area (Å²) < 4.78 is 12.1. The van der Waals surface area contributed by atoms with Crippen LogP contribution in [0.25, 0.3) is 11.1 Å². The lowest BCUT2D eigenvalue weighted by atomic mass is 9.86. The predicted octanol–water partition coefficient (Wildman–Crippen LogP) is 9.59. The molecule has 0 heterocycles. The lowest BCUT2D eigenvalue weighted by Crippen LogP contribution is -2.23. The molecule has 3 nitrogen and oxygen atoms in total. The smallest absolute Gasteiger partial charge is 0.193 e. The van der Waals surface area contributed by atoms with Crippen molar-refractivity contribution >= 4 is 17.4 Å². The molecule has 0 aliphatic rings. The van der Waals surface area contributed by atoms with E-state index < -0.39 is 0 Å². The van der Waals surface area contributed by atoms with Gasteiger partial charge in [-0.15, -0.1) is 11.6 Å². The van der Waals surface area contributed by atoms with Crippen LogP contribution in [0.3, 0.4) is 0 Å². The third kappa shape index (κ3) is 6.85. The zero-order valence-electron chi connectivity index (χ0n) is 23.0. The third-order valence-electron chi connectivity index (χ3n) is 6.17. The molecule has 4 heteroatoms. The molecule has 4 aromatic carbocycles. The van der Waals surface area contributed by atoms with Crippen molar-refractivity contribution in [3.8, 4) is 28.4 Å². The number of hydrogen-bond donors (Lipinski definition) is 0. The second-order valence-corrected chi connectivity index (χ2v) is 11.7. The molecule has 0 aromatic heterocycles. The monoisotopic (exact) mass is 526 g/mol. The van der Waals surface area contributed by atoms with E-state index in [1.807, 2.05) is 93.6 Å². The van der Waals surface area contributed by atoms with Crippen LogP contribution in [0.2, 0.25) is 0 Å². The highest BCUT2D eigenvalue weighted by Gasteiger charge is 2.16. The summed E-state index contributed by atoms with van der Waals surface area (Å²) in [5.74, 6) is 2.57. The van der Waals surface area contributed by atoms with E-state index in [0.717, 1.165) is 28.2 Å². The van der Waals surface area contributed by atoms with Crippen LogP contribution in [-0.2, 0) is 11.3 Å². The number of hydrogen-bond acceptors (Lipinski definition) is 3. The summed E-state index contributed by atoms with van der Waals surface area (Å²) >= 11 is 6.20. The molecule has 0 radical (unpaired) electrons. The Bertz CT molecular complexity index is 1390. The second kappa shape index (κ2) is 11.0. The highest BCUT2D eigenvalue weighted by molar-refractivity contribution is 6.17. The average molecular weight is 527 g/mol. The van der Waals surface area contributed by atoms with Gasteiger partial charge in [0, 0.05) is 16.7 Å². The van der Waals surface area contributed by atoms with Gasteiger partial charge in [-0.2, -0.15) is 0 Å². The minimum atomic E-state index is -0.287. The summed E-state index contributed by atoms with van der Waals surface area (Å²) in [6.07, 6.45) is 0. The fourth-order valence-electron chi connectivity index (χ4n) is 4.11. The van der Waals surface area contributed by atoms with E-state index in [2.05, 4.69) is 26.8 Å². The zero-order valence-corrected chi connectivity index (χ0v) is 23.7. The van der Waals surface area contributed by atoms with Crippen molar-refractivity contribution in [1.29, 1.82) is 0 Å². The first-order valence-electron chi connectivity index (χ1n) is 12.8. The molecule has 0 amide bonds. The molecule has 0 atom stereocenters. The summed E-state index contributed by atoms with van der Waals surface area (Å²) in [7, 11) is 0. The van der Waals surface area contributed by atoms with Crippen molar-refractivity contribution in [3.63, 3.8) is 0 Å². The van der Waals surface area contributed by atoms with Gasteiger partial charge in [-0.3, -0.25) is 4.79 Å². The van der Waals surface area contributed by atoms with Crippen LogP contribution in [0.1, 0.15) is 68.6 Å². The van der Waals surface area contributed by atoms with Gasteiger partial charge in [0.15, 0.2) is 5.78 Å². The maximum absolute atomic E-state index is 12.9. The summed E-state index contributed by atoms with van der Waals surface area (Å²) in [6.45, 7) is 12.5. The molecule has 196 valence electrons. The van der Waals surface area contributed by atoms with Crippen LogP contribution in [0.5, 0.6) is 17.2 Å². The maximum atomic E-state index is 12.9. The fraction of sp³-hybridized carbons (Fsp3) is 0.265. The maximum Gasteiger partial charge on any atom is 0.193 e. The lowest BCUT2D eigenvalue weighted by Gasteiger charge is -2.23. The van der Waals surface area contributed by atoms with E-state index in [1.165, 1.54) is 5.56 Å². The Kier molecular flexibility index (Phi) is 7.99. The fourth-order valence-corrected chi connectivity index (χ4v) is 4.32. The minimum absolute atomic E-state index is 0.00315. The Labute approximate surface area is 231 Å². The topological polar surface area (TPSA) is 35.5 Å². The quantitative estimate of drug-likeness (QED) is 0.177. The molecule has 0 N–H and O–H groups in total. The second-order valence-electron chi connectivity index (χ2n) is 11.5. The van der Waals surface area contributed by atoms with Crippen LogP contribution in [-0.4, -0.2) is 11.4 Å². The molecule has 38 heavy (non-hydrogen) atoms. The standard InChI is InChI=1S/C34H35ClO3/c1-33(2,3)28-14-7-24(8-15-28)32(36)25-11-18-30(19-12-25)37-29-16-9-23(10-17-29)26-13-20-31(27(21-26)22-35)38-34(4,5)6/h7-21H,22H2,1-6H3. The van der Waals surface area contributed by atoms with Gasteiger partial charge >= 0.3 is 0 Å². The third-order valence-corrected chi connectivity index (χ3v) is 6.46. The lowest BCUT2D eigenvalue weighted by molar-refractivity contribution is 0.103. The van der Waals surface area contributed by atoms with Crippen molar-refractivity contribution < 1.29 is 14.3 Å². The molecule has 0 saturated carbocycles. The molecule has 0 aliphatic heterocycles.